The molecule has 1 aromatic carbocycles. The molecule has 0 unspecified atom stereocenters. The minimum Gasteiger partial charge on any atom is -0.480 e. The van der Waals surface area contributed by atoms with E-state index in [0.717, 1.165) is 11.1 Å². The average molecular weight is 263 g/mol. The molecule has 0 spiro atoms. The molecule has 5 nitrogen and oxygen atoms in total. The monoisotopic (exact) mass is 263 g/mol. The van der Waals surface area contributed by atoms with Gasteiger partial charge in [0.25, 0.3) is 0 Å². The number of benzene rings is 1. The summed E-state index contributed by atoms with van der Waals surface area (Å²) in [5.41, 5.74) is 1.95. The molecule has 1 atom stereocenters. The predicted molar refractivity (Wildman–Crippen MR) is 68.7 cm³/mol. The molecule has 0 saturated carbocycles. The Morgan fingerprint density at radius 2 is 1.95 bits per heavy atom. The largest absolute Gasteiger partial charge is 0.480 e. The number of carbonyl (C=O) groups excluding carboxylic acids is 1. The highest BCUT2D eigenvalue weighted by atomic mass is 16.6. The van der Waals surface area contributed by atoms with Crippen molar-refractivity contribution in [2.24, 2.45) is 0 Å². The summed E-state index contributed by atoms with van der Waals surface area (Å²) >= 11 is 0. The number of nitrogens with zero attached hydrogens (tertiary/aromatic N) is 1. The maximum absolute atomic E-state index is 12.0. The number of aliphatic carboxylic acids is 1. The fraction of sp³-hybridized carbons (Fsp3) is 0.429. The molecule has 0 radical (unpaired) electrons. The van der Waals surface area contributed by atoms with Gasteiger partial charge in [0.2, 0.25) is 0 Å². The molecule has 1 heterocycles. The number of carbonyl (C=O) groups is 2. The molecular formula is C14H17NO4. The summed E-state index contributed by atoms with van der Waals surface area (Å²) in [5.74, 6) is -1.00. The Morgan fingerprint density at radius 3 is 2.53 bits per heavy atom. The van der Waals surface area contributed by atoms with Gasteiger partial charge in [0, 0.05) is 6.42 Å². The van der Waals surface area contributed by atoms with Gasteiger partial charge in [0.15, 0.2) is 0 Å². The van der Waals surface area contributed by atoms with Crippen molar-refractivity contribution in [2.75, 3.05) is 0 Å². The van der Waals surface area contributed by atoms with Gasteiger partial charge in [-0.2, -0.15) is 0 Å². The van der Waals surface area contributed by atoms with Gasteiger partial charge in [0.05, 0.1) is 12.6 Å². The van der Waals surface area contributed by atoms with E-state index >= 15 is 0 Å². The lowest BCUT2D eigenvalue weighted by molar-refractivity contribution is -0.143. The minimum atomic E-state index is -1.00. The van der Waals surface area contributed by atoms with Gasteiger partial charge in [-0.1, -0.05) is 24.3 Å². The normalized spacial score (nSPS) is 18.1. The molecule has 19 heavy (non-hydrogen) atoms. The van der Waals surface area contributed by atoms with E-state index in [4.69, 9.17) is 4.74 Å². The third-order valence-electron chi connectivity index (χ3n) is 3.10. The van der Waals surface area contributed by atoms with E-state index < -0.39 is 18.1 Å². The van der Waals surface area contributed by atoms with Gasteiger partial charge < -0.3 is 9.84 Å². The molecule has 0 fully saturated rings. The van der Waals surface area contributed by atoms with E-state index in [9.17, 15) is 14.7 Å². The summed E-state index contributed by atoms with van der Waals surface area (Å²) in [6.07, 6.45) is -0.519. The van der Waals surface area contributed by atoms with E-state index in [-0.39, 0.29) is 12.6 Å². The minimum absolute atomic E-state index is 0.265. The standard InChI is InChI=1S/C14H17NO4/c1-9(2)19-14(18)15-8-11-6-4-3-5-10(11)7-12(15)13(16)17/h3-6,9,12H,7-8H2,1-2H3,(H,16,17)/t12-/m1/s1. The first-order valence-corrected chi connectivity index (χ1v) is 6.26. The van der Waals surface area contributed by atoms with Gasteiger partial charge in [-0.05, 0) is 25.0 Å². The van der Waals surface area contributed by atoms with Crippen LogP contribution >= 0.6 is 0 Å². The lowest BCUT2D eigenvalue weighted by Crippen LogP contribution is -2.49. The average Bonchev–Trinajstić information content (AvgIpc) is 2.36. The Balaban J connectivity index is 2.26. The number of ether oxygens (including phenoxy) is 1. The highest BCUT2D eigenvalue weighted by Gasteiger charge is 2.35. The number of hydrogen-bond donors (Lipinski definition) is 1. The second-order valence-electron chi connectivity index (χ2n) is 4.89. The van der Waals surface area contributed by atoms with Crippen LogP contribution < -0.4 is 0 Å². The smallest absolute Gasteiger partial charge is 0.411 e. The number of carboxylic acid groups (broad SMARTS) is 1. The second kappa shape index (κ2) is 5.30. The number of carboxylic acids is 1. The van der Waals surface area contributed by atoms with Crippen molar-refractivity contribution in [3.63, 3.8) is 0 Å². The number of rotatable bonds is 2. The molecule has 0 aliphatic carbocycles. The third kappa shape index (κ3) is 2.86. The quantitative estimate of drug-likeness (QED) is 0.886. The van der Waals surface area contributed by atoms with E-state index in [1.165, 1.54) is 4.90 Å². The van der Waals surface area contributed by atoms with Crippen LogP contribution in [-0.4, -0.2) is 34.2 Å². The van der Waals surface area contributed by atoms with Crippen molar-refractivity contribution in [3.8, 4) is 0 Å². The van der Waals surface area contributed by atoms with Crippen LogP contribution in [0.1, 0.15) is 25.0 Å². The van der Waals surface area contributed by atoms with Gasteiger partial charge >= 0.3 is 12.1 Å². The Hall–Kier alpha value is -2.04. The molecular weight excluding hydrogens is 246 g/mol. The molecule has 5 heteroatoms. The highest BCUT2D eigenvalue weighted by Crippen LogP contribution is 2.24. The van der Waals surface area contributed by atoms with Crippen LogP contribution in [0.15, 0.2) is 24.3 Å². The Kier molecular flexibility index (Phi) is 3.74. The zero-order chi connectivity index (χ0) is 14.0. The maximum Gasteiger partial charge on any atom is 0.411 e. The summed E-state index contributed by atoms with van der Waals surface area (Å²) in [7, 11) is 0. The van der Waals surface area contributed by atoms with Crippen LogP contribution in [0.25, 0.3) is 0 Å². The summed E-state index contributed by atoms with van der Waals surface area (Å²) in [6, 6.07) is 6.70. The SMILES string of the molecule is CC(C)OC(=O)N1Cc2ccccc2C[C@@H]1C(=O)O. The van der Waals surface area contributed by atoms with Gasteiger partial charge in [0.1, 0.15) is 6.04 Å². The first-order chi connectivity index (χ1) is 8.99. The molecule has 1 N–H and O–H groups in total. The van der Waals surface area contributed by atoms with Crippen molar-refractivity contribution >= 4 is 12.1 Å². The van der Waals surface area contributed by atoms with Crippen LogP contribution in [0.4, 0.5) is 4.79 Å². The Bertz CT molecular complexity index is 498. The molecule has 1 aromatic rings. The van der Waals surface area contributed by atoms with Crippen molar-refractivity contribution in [1.29, 1.82) is 0 Å². The van der Waals surface area contributed by atoms with E-state index in [1.807, 2.05) is 24.3 Å². The summed E-state index contributed by atoms with van der Waals surface area (Å²) in [6.45, 7) is 3.76. The molecule has 0 aromatic heterocycles. The van der Waals surface area contributed by atoms with Gasteiger partial charge in [-0.3, -0.25) is 4.90 Å². The van der Waals surface area contributed by atoms with Crippen molar-refractivity contribution < 1.29 is 19.4 Å². The molecule has 102 valence electrons. The number of amides is 1. The molecule has 1 aliphatic rings. The number of fused-ring (bicyclic) bond motifs is 1. The van der Waals surface area contributed by atoms with Crippen molar-refractivity contribution in [3.05, 3.63) is 35.4 Å². The van der Waals surface area contributed by atoms with Gasteiger partial charge in [-0.15, -0.1) is 0 Å². The molecule has 0 bridgehead atoms. The summed E-state index contributed by atoms with van der Waals surface area (Å²) in [4.78, 5) is 24.6. The van der Waals surface area contributed by atoms with Crippen LogP contribution in [0.2, 0.25) is 0 Å². The topological polar surface area (TPSA) is 66.8 Å². The fourth-order valence-corrected chi connectivity index (χ4v) is 2.20. The zero-order valence-electron chi connectivity index (χ0n) is 11.0. The lowest BCUT2D eigenvalue weighted by Gasteiger charge is -2.34. The fourth-order valence-electron chi connectivity index (χ4n) is 2.20. The van der Waals surface area contributed by atoms with Crippen molar-refractivity contribution in [1.82, 2.24) is 4.90 Å². The van der Waals surface area contributed by atoms with Crippen LogP contribution in [0.5, 0.6) is 0 Å². The number of hydrogen-bond acceptors (Lipinski definition) is 3. The zero-order valence-corrected chi connectivity index (χ0v) is 11.0. The lowest BCUT2D eigenvalue weighted by atomic mass is 9.94. The Labute approximate surface area is 111 Å². The first-order valence-electron chi connectivity index (χ1n) is 6.26. The van der Waals surface area contributed by atoms with Crippen LogP contribution in [0, 0.1) is 0 Å². The third-order valence-corrected chi connectivity index (χ3v) is 3.10. The predicted octanol–water partition coefficient (Wildman–Crippen LogP) is 2.04. The van der Waals surface area contributed by atoms with Crippen LogP contribution in [-0.2, 0) is 22.5 Å². The van der Waals surface area contributed by atoms with E-state index in [1.54, 1.807) is 13.8 Å². The van der Waals surface area contributed by atoms with Crippen molar-refractivity contribution in [2.45, 2.75) is 39.0 Å². The summed E-state index contributed by atoms with van der Waals surface area (Å²) < 4.78 is 5.11. The Morgan fingerprint density at radius 1 is 1.32 bits per heavy atom. The molecule has 1 aliphatic heterocycles. The summed E-state index contributed by atoms with van der Waals surface area (Å²) in [5, 5.41) is 9.27. The maximum atomic E-state index is 12.0. The molecule has 1 amide bonds. The van der Waals surface area contributed by atoms with Gasteiger partial charge in [-0.25, -0.2) is 9.59 Å². The van der Waals surface area contributed by atoms with Crippen LogP contribution in [0.3, 0.4) is 0 Å². The molecule has 0 saturated heterocycles. The van der Waals surface area contributed by atoms with E-state index in [0.29, 0.717) is 6.42 Å². The van der Waals surface area contributed by atoms with E-state index in [2.05, 4.69) is 0 Å². The second-order valence-corrected chi connectivity index (χ2v) is 4.89. The first kappa shape index (κ1) is 13.4. The molecule has 2 rings (SSSR count). The highest BCUT2D eigenvalue weighted by molar-refractivity contribution is 5.81.